The molecule has 0 unspecified atom stereocenters. The van der Waals surface area contributed by atoms with Crippen LogP contribution in [0.1, 0.15) is 18.9 Å². The second-order valence-corrected chi connectivity index (χ2v) is 6.39. The molecular weight excluding hydrogens is 330 g/mol. The minimum absolute atomic E-state index is 0.0867. The second-order valence-electron chi connectivity index (χ2n) is 5.54. The van der Waals surface area contributed by atoms with E-state index in [0.29, 0.717) is 6.42 Å². The van der Waals surface area contributed by atoms with Crippen molar-refractivity contribution in [3.8, 4) is 0 Å². The molecule has 1 N–H and O–H groups in total. The van der Waals surface area contributed by atoms with Crippen LogP contribution in [-0.4, -0.2) is 55.0 Å². The number of amides is 1. The monoisotopic (exact) mass is 353 g/mol. The van der Waals surface area contributed by atoms with Crippen molar-refractivity contribution in [1.29, 1.82) is 0 Å². The number of nitrogens with one attached hydrogen (secondary N) is 1. The predicted octanol–water partition coefficient (Wildman–Crippen LogP) is 2.72. The Morgan fingerprint density at radius 1 is 1.24 bits per heavy atom. The van der Waals surface area contributed by atoms with Crippen molar-refractivity contribution in [3.63, 3.8) is 0 Å². The highest BCUT2D eigenvalue weighted by Gasteiger charge is 2.16. The Morgan fingerprint density at radius 3 is 2.52 bits per heavy atom. The van der Waals surface area contributed by atoms with E-state index >= 15 is 0 Å². The lowest BCUT2D eigenvalue weighted by molar-refractivity contribution is -0.116. The lowest BCUT2D eigenvalue weighted by atomic mass is 10.2. The van der Waals surface area contributed by atoms with Gasteiger partial charge in [-0.05, 0) is 31.2 Å². The standard InChI is InChI=1S/C16H24BrN3O/c1-3-19-8-10-20(11-9-19)7-6-16(21)18-14-5-4-13(2)15(17)12-14/h4-5,12H,3,6-11H2,1-2H3,(H,18,21). The Kier molecular flexibility index (Phi) is 6.21. The van der Waals surface area contributed by atoms with E-state index in [2.05, 4.69) is 38.0 Å². The molecule has 116 valence electrons. The molecule has 0 aromatic heterocycles. The molecule has 2 rings (SSSR count). The maximum absolute atomic E-state index is 12.0. The molecule has 0 spiro atoms. The quantitative estimate of drug-likeness (QED) is 0.883. The van der Waals surface area contributed by atoms with Gasteiger partial charge in [0.2, 0.25) is 5.91 Å². The van der Waals surface area contributed by atoms with Crippen LogP contribution >= 0.6 is 15.9 Å². The summed E-state index contributed by atoms with van der Waals surface area (Å²) in [6.07, 6.45) is 0.553. The first-order chi connectivity index (χ1) is 10.1. The molecule has 21 heavy (non-hydrogen) atoms. The van der Waals surface area contributed by atoms with Crippen molar-refractivity contribution in [2.75, 3.05) is 44.6 Å². The zero-order valence-corrected chi connectivity index (χ0v) is 14.4. The molecule has 0 saturated carbocycles. The van der Waals surface area contributed by atoms with E-state index in [0.717, 1.165) is 49.4 Å². The molecule has 5 heteroatoms. The molecule has 1 aliphatic rings. The minimum atomic E-state index is 0.0867. The van der Waals surface area contributed by atoms with Crippen molar-refractivity contribution in [2.24, 2.45) is 0 Å². The van der Waals surface area contributed by atoms with Crippen molar-refractivity contribution < 1.29 is 4.79 Å². The van der Waals surface area contributed by atoms with Crippen LogP contribution in [0.15, 0.2) is 22.7 Å². The maximum Gasteiger partial charge on any atom is 0.225 e. The summed E-state index contributed by atoms with van der Waals surface area (Å²) in [6.45, 7) is 10.6. The number of halogens is 1. The summed E-state index contributed by atoms with van der Waals surface area (Å²) in [4.78, 5) is 16.8. The molecular formula is C16H24BrN3O. The first-order valence-corrected chi connectivity index (χ1v) is 8.38. The van der Waals surface area contributed by atoms with Crippen molar-refractivity contribution in [1.82, 2.24) is 9.80 Å². The number of carbonyl (C=O) groups excluding carboxylic acids is 1. The van der Waals surface area contributed by atoms with Gasteiger partial charge in [-0.3, -0.25) is 4.79 Å². The van der Waals surface area contributed by atoms with Gasteiger partial charge >= 0.3 is 0 Å². The Bertz CT molecular complexity index is 484. The van der Waals surface area contributed by atoms with E-state index in [9.17, 15) is 4.79 Å². The lowest BCUT2D eigenvalue weighted by Crippen LogP contribution is -2.46. The largest absolute Gasteiger partial charge is 0.326 e. The van der Waals surface area contributed by atoms with E-state index in [-0.39, 0.29) is 5.91 Å². The summed E-state index contributed by atoms with van der Waals surface area (Å²) in [7, 11) is 0. The predicted molar refractivity (Wildman–Crippen MR) is 90.7 cm³/mol. The van der Waals surface area contributed by atoms with E-state index in [1.54, 1.807) is 0 Å². The first kappa shape index (κ1) is 16.5. The van der Waals surface area contributed by atoms with Crippen molar-refractivity contribution in [3.05, 3.63) is 28.2 Å². The van der Waals surface area contributed by atoms with Crippen molar-refractivity contribution in [2.45, 2.75) is 20.3 Å². The fraction of sp³-hybridized carbons (Fsp3) is 0.562. The van der Waals surface area contributed by atoms with Crippen LogP contribution in [0.2, 0.25) is 0 Å². The number of hydrogen-bond acceptors (Lipinski definition) is 3. The Hall–Kier alpha value is -0.910. The molecule has 0 aliphatic carbocycles. The first-order valence-electron chi connectivity index (χ1n) is 7.59. The Morgan fingerprint density at radius 2 is 1.90 bits per heavy atom. The van der Waals surface area contributed by atoms with Crippen LogP contribution in [0.3, 0.4) is 0 Å². The van der Waals surface area contributed by atoms with Gasteiger partial charge in [0.25, 0.3) is 0 Å². The highest BCUT2D eigenvalue weighted by molar-refractivity contribution is 9.10. The minimum Gasteiger partial charge on any atom is -0.326 e. The number of rotatable bonds is 5. The molecule has 1 heterocycles. The van der Waals surface area contributed by atoms with Gasteiger partial charge in [-0.25, -0.2) is 0 Å². The van der Waals surface area contributed by atoms with Gasteiger partial charge < -0.3 is 15.1 Å². The molecule has 4 nitrogen and oxygen atoms in total. The third-order valence-electron chi connectivity index (χ3n) is 4.02. The van der Waals surface area contributed by atoms with E-state index in [1.165, 1.54) is 5.56 Å². The summed E-state index contributed by atoms with van der Waals surface area (Å²) in [6, 6.07) is 5.90. The summed E-state index contributed by atoms with van der Waals surface area (Å²) in [5, 5.41) is 2.96. The second kappa shape index (κ2) is 7.92. The molecule has 1 amide bonds. The number of hydrogen-bond donors (Lipinski definition) is 1. The van der Waals surface area contributed by atoms with Crippen LogP contribution in [0, 0.1) is 6.92 Å². The van der Waals surface area contributed by atoms with Gasteiger partial charge in [-0.1, -0.05) is 28.9 Å². The number of piperazine rings is 1. The highest BCUT2D eigenvalue weighted by atomic mass is 79.9. The maximum atomic E-state index is 12.0. The molecule has 0 atom stereocenters. The molecule has 0 radical (unpaired) electrons. The summed E-state index contributed by atoms with van der Waals surface area (Å²) < 4.78 is 1.02. The fourth-order valence-corrected chi connectivity index (χ4v) is 2.86. The molecule has 1 aliphatic heterocycles. The van der Waals surface area contributed by atoms with Gasteiger partial charge in [-0.15, -0.1) is 0 Å². The zero-order chi connectivity index (χ0) is 15.2. The van der Waals surface area contributed by atoms with Crippen molar-refractivity contribution >= 4 is 27.5 Å². The Balaban J connectivity index is 1.73. The molecule has 1 saturated heterocycles. The van der Waals surface area contributed by atoms with Crippen LogP contribution < -0.4 is 5.32 Å². The topological polar surface area (TPSA) is 35.6 Å². The Labute approximate surface area is 135 Å². The molecule has 1 fully saturated rings. The number of likely N-dealkylation sites (N-methyl/N-ethyl adjacent to an activating group) is 1. The average molecular weight is 354 g/mol. The normalized spacial score (nSPS) is 16.9. The van der Waals surface area contributed by atoms with E-state index in [1.807, 2.05) is 25.1 Å². The van der Waals surface area contributed by atoms with Gasteiger partial charge in [0.15, 0.2) is 0 Å². The van der Waals surface area contributed by atoms with Gasteiger partial charge in [0, 0.05) is 49.3 Å². The molecule has 1 aromatic rings. The summed E-state index contributed by atoms with van der Waals surface area (Å²) >= 11 is 3.49. The fourth-order valence-electron chi connectivity index (χ4n) is 2.48. The number of carbonyl (C=O) groups is 1. The summed E-state index contributed by atoms with van der Waals surface area (Å²) in [5.41, 5.74) is 2.02. The highest BCUT2D eigenvalue weighted by Crippen LogP contribution is 2.20. The smallest absolute Gasteiger partial charge is 0.225 e. The van der Waals surface area contributed by atoms with Gasteiger partial charge in [0.1, 0.15) is 0 Å². The third kappa shape index (κ3) is 5.09. The average Bonchev–Trinajstić information content (AvgIpc) is 2.49. The van der Waals surface area contributed by atoms with E-state index in [4.69, 9.17) is 0 Å². The van der Waals surface area contributed by atoms with Crippen LogP contribution in [0.4, 0.5) is 5.69 Å². The lowest BCUT2D eigenvalue weighted by Gasteiger charge is -2.33. The third-order valence-corrected chi connectivity index (χ3v) is 4.88. The van der Waals surface area contributed by atoms with Gasteiger partial charge in [0.05, 0.1) is 0 Å². The van der Waals surface area contributed by atoms with Crippen LogP contribution in [-0.2, 0) is 4.79 Å². The van der Waals surface area contributed by atoms with E-state index < -0.39 is 0 Å². The van der Waals surface area contributed by atoms with Crippen LogP contribution in [0.25, 0.3) is 0 Å². The number of anilines is 1. The SMILES string of the molecule is CCN1CCN(CCC(=O)Nc2ccc(C)c(Br)c2)CC1. The number of aryl methyl sites for hydroxylation is 1. The summed E-state index contributed by atoms with van der Waals surface area (Å²) in [5.74, 6) is 0.0867. The molecule has 0 bridgehead atoms. The van der Waals surface area contributed by atoms with Gasteiger partial charge in [-0.2, -0.15) is 0 Å². The zero-order valence-electron chi connectivity index (χ0n) is 12.9. The van der Waals surface area contributed by atoms with Crippen LogP contribution in [0.5, 0.6) is 0 Å². The number of nitrogens with zero attached hydrogens (tertiary/aromatic N) is 2. The number of benzene rings is 1. The molecule has 1 aromatic carbocycles.